The summed E-state index contributed by atoms with van der Waals surface area (Å²) in [6.45, 7) is -0.0188. The molecule has 17 heavy (non-hydrogen) atoms. The first kappa shape index (κ1) is 14.1. The van der Waals surface area contributed by atoms with E-state index in [9.17, 15) is 9.59 Å². The van der Waals surface area contributed by atoms with Crippen molar-refractivity contribution in [2.75, 3.05) is 20.6 Å². The van der Waals surface area contributed by atoms with Gasteiger partial charge in [-0.05, 0) is 34.1 Å². The van der Waals surface area contributed by atoms with Crippen molar-refractivity contribution in [1.82, 2.24) is 10.2 Å². The first-order valence-corrected chi connectivity index (χ1v) is 6.12. The minimum Gasteiger partial charge on any atom is -0.347 e. The van der Waals surface area contributed by atoms with E-state index in [1.54, 1.807) is 32.3 Å². The molecule has 92 valence electrons. The third kappa shape index (κ3) is 4.05. The second kappa shape index (κ2) is 6.07. The van der Waals surface area contributed by atoms with Gasteiger partial charge in [-0.3, -0.25) is 9.59 Å². The molecule has 4 nitrogen and oxygen atoms in total. The summed E-state index contributed by atoms with van der Waals surface area (Å²) in [6, 6.07) is 5.16. The summed E-state index contributed by atoms with van der Waals surface area (Å²) in [5.41, 5.74) is 0.462. The summed E-state index contributed by atoms with van der Waals surface area (Å²) in [6.07, 6.45) is 0. The van der Waals surface area contributed by atoms with Gasteiger partial charge in [-0.15, -0.1) is 12.6 Å². The van der Waals surface area contributed by atoms with Crippen molar-refractivity contribution < 1.29 is 9.59 Å². The Balaban J connectivity index is 2.70. The molecular formula is C11H13BrN2O2S. The maximum Gasteiger partial charge on any atom is 0.252 e. The molecule has 0 heterocycles. The van der Waals surface area contributed by atoms with Crippen molar-refractivity contribution in [2.45, 2.75) is 4.90 Å². The molecule has 1 N–H and O–H groups in total. The van der Waals surface area contributed by atoms with Crippen LogP contribution in [0.3, 0.4) is 0 Å². The average molecular weight is 317 g/mol. The number of thiol groups is 1. The van der Waals surface area contributed by atoms with Gasteiger partial charge in [0.2, 0.25) is 5.91 Å². The van der Waals surface area contributed by atoms with Crippen LogP contribution in [0.25, 0.3) is 0 Å². The maximum absolute atomic E-state index is 11.8. The van der Waals surface area contributed by atoms with Gasteiger partial charge < -0.3 is 10.2 Å². The first-order valence-electron chi connectivity index (χ1n) is 4.88. The topological polar surface area (TPSA) is 49.4 Å². The van der Waals surface area contributed by atoms with Crippen LogP contribution in [0.5, 0.6) is 0 Å². The summed E-state index contributed by atoms with van der Waals surface area (Å²) in [5, 5.41) is 2.55. The van der Waals surface area contributed by atoms with Crippen molar-refractivity contribution >= 4 is 40.4 Å². The van der Waals surface area contributed by atoms with E-state index in [-0.39, 0.29) is 18.4 Å². The fourth-order valence-electron chi connectivity index (χ4n) is 1.10. The van der Waals surface area contributed by atoms with Gasteiger partial charge in [-0.25, -0.2) is 0 Å². The second-order valence-electron chi connectivity index (χ2n) is 3.63. The molecule has 0 fully saturated rings. The van der Waals surface area contributed by atoms with E-state index in [0.717, 1.165) is 0 Å². The lowest BCUT2D eigenvalue weighted by atomic mass is 10.2. The van der Waals surface area contributed by atoms with Crippen LogP contribution >= 0.6 is 28.6 Å². The molecule has 0 unspecified atom stereocenters. The normalized spacial score (nSPS) is 9.88. The van der Waals surface area contributed by atoms with E-state index >= 15 is 0 Å². The van der Waals surface area contributed by atoms with Gasteiger partial charge in [-0.2, -0.15) is 0 Å². The van der Waals surface area contributed by atoms with Crippen LogP contribution in [0, 0.1) is 0 Å². The number of nitrogens with one attached hydrogen (secondary N) is 1. The molecule has 2 amide bonds. The summed E-state index contributed by atoms with van der Waals surface area (Å²) < 4.78 is 0.671. The van der Waals surface area contributed by atoms with Gasteiger partial charge >= 0.3 is 0 Å². The van der Waals surface area contributed by atoms with E-state index in [0.29, 0.717) is 14.9 Å². The zero-order chi connectivity index (χ0) is 13.0. The largest absolute Gasteiger partial charge is 0.347 e. The van der Waals surface area contributed by atoms with Crippen molar-refractivity contribution in [3.8, 4) is 0 Å². The third-order valence-electron chi connectivity index (χ3n) is 2.09. The van der Waals surface area contributed by atoms with Crippen LogP contribution < -0.4 is 5.32 Å². The van der Waals surface area contributed by atoms with Crippen molar-refractivity contribution in [3.05, 3.63) is 28.2 Å². The smallest absolute Gasteiger partial charge is 0.252 e. The van der Waals surface area contributed by atoms with Crippen molar-refractivity contribution in [3.63, 3.8) is 0 Å². The SMILES string of the molecule is CN(C)C(=O)CNC(=O)c1cc(S)ccc1Br. The van der Waals surface area contributed by atoms with Crippen LogP contribution in [0.15, 0.2) is 27.6 Å². The number of hydrogen-bond acceptors (Lipinski definition) is 3. The molecule has 0 aliphatic carbocycles. The minimum atomic E-state index is -0.303. The molecule has 0 saturated carbocycles. The van der Waals surface area contributed by atoms with Gasteiger partial charge in [0.1, 0.15) is 0 Å². The highest BCUT2D eigenvalue weighted by Gasteiger charge is 2.12. The summed E-state index contributed by atoms with van der Waals surface area (Å²) in [5.74, 6) is -0.459. The van der Waals surface area contributed by atoms with Gasteiger partial charge in [0.05, 0.1) is 12.1 Å². The van der Waals surface area contributed by atoms with E-state index in [4.69, 9.17) is 0 Å². The minimum absolute atomic E-state index is 0.0188. The Morgan fingerprint density at radius 1 is 1.41 bits per heavy atom. The summed E-state index contributed by atoms with van der Waals surface area (Å²) >= 11 is 7.44. The number of hydrogen-bond donors (Lipinski definition) is 2. The Kier molecular flexibility index (Phi) is 5.02. The van der Waals surface area contributed by atoms with Crippen LogP contribution in [0.1, 0.15) is 10.4 Å². The van der Waals surface area contributed by atoms with E-state index in [1.807, 2.05) is 0 Å². The number of nitrogens with zero attached hydrogens (tertiary/aromatic N) is 1. The Bertz CT molecular complexity index is 449. The van der Waals surface area contributed by atoms with Crippen LogP contribution in [0.2, 0.25) is 0 Å². The van der Waals surface area contributed by atoms with Crippen LogP contribution in [0.4, 0.5) is 0 Å². The molecule has 0 radical (unpaired) electrons. The zero-order valence-electron chi connectivity index (χ0n) is 9.53. The monoisotopic (exact) mass is 316 g/mol. The standard InChI is InChI=1S/C11H13BrN2O2S/c1-14(2)10(15)6-13-11(16)8-5-7(17)3-4-9(8)12/h3-5,17H,6H2,1-2H3,(H,13,16). The number of rotatable bonds is 3. The molecule has 1 aromatic carbocycles. The number of amides is 2. The molecule has 6 heteroatoms. The molecule has 0 aliphatic rings. The molecule has 0 atom stereocenters. The second-order valence-corrected chi connectivity index (χ2v) is 5.01. The van der Waals surface area contributed by atoms with E-state index in [1.165, 1.54) is 4.90 Å². The van der Waals surface area contributed by atoms with Gasteiger partial charge in [-0.1, -0.05) is 0 Å². The summed E-state index contributed by atoms with van der Waals surface area (Å²) in [4.78, 5) is 25.2. The average Bonchev–Trinajstić information content (AvgIpc) is 2.28. The highest BCUT2D eigenvalue weighted by molar-refractivity contribution is 9.10. The quantitative estimate of drug-likeness (QED) is 0.831. The Morgan fingerprint density at radius 3 is 2.65 bits per heavy atom. The van der Waals surface area contributed by atoms with Crippen molar-refractivity contribution in [1.29, 1.82) is 0 Å². The number of halogens is 1. The molecular weight excluding hydrogens is 304 g/mol. The van der Waals surface area contributed by atoms with Crippen LogP contribution in [-0.2, 0) is 4.79 Å². The lowest BCUT2D eigenvalue weighted by Gasteiger charge is -2.11. The molecule has 1 aromatic rings. The fourth-order valence-corrected chi connectivity index (χ4v) is 1.73. The predicted octanol–water partition coefficient (Wildman–Crippen LogP) is 1.56. The fraction of sp³-hybridized carbons (Fsp3) is 0.273. The Morgan fingerprint density at radius 2 is 2.06 bits per heavy atom. The molecule has 0 saturated heterocycles. The van der Waals surface area contributed by atoms with Gasteiger partial charge in [0, 0.05) is 23.5 Å². The number of benzene rings is 1. The first-order chi connectivity index (χ1) is 7.91. The predicted molar refractivity (Wildman–Crippen MR) is 72.4 cm³/mol. The molecule has 0 aliphatic heterocycles. The summed E-state index contributed by atoms with van der Waals surface area (Å²) in [7, 11) is 3.28. The maximum atomic E-state index is 11.8. The number of carbonyl (C=O) groups is 2. The third-order valence-corrected chi connectivity index (χ3v) is 3.06. The molecule has 0 aromatic heterocycles. The van der Waals surface area contributed by atoms with E-state index < -0.39 is 0 Å². The van der Waals surface area contributed by atoms with Crippen molar-refractivity contribution in [2.24, 2.45) is 0 Å². The molecule has 0 bridgehead atoms. The number of carbonyl (C=O) groups excluding carboxylic acids is 2. The highest BCUT2D eigenvalue weighted by atomic mass is 79.9. The van der Waals surface area contributed by atoms with Gasteiger partial charge in [0.25, 0.3) is 5.91 Å². The highest BCUT2D eigenvalue weighted by Crippen LogP contribution is 2.19. The molecule has 1 rings (SSSR count). The number of likely N-dealkylation sites (N-methyl/N-ethyl adjacent to an activating group) is 1. The van der Waals surface area contributed by atoms with Gasteiger partial charge in [0.15, 0.2) is 0 Å². The lowest BCUT2D eigenvalue weighted by Crippen LogP contribution is -2.36. The molecule has 0 spiro atoms. The van der Waals surface area contributed by atoms with E-state index in [2.05, 4.69) is 33.9 Å². The Hall–Kier alpha value is -1.01. The zero-order valence-corrected chi connectivity index (χ0v) is 12.0. The lowest BCUT2D eigenvalue weighted by molar-refractivity contribution is -0.127. The van der Waals surface area contributed by atoms with Crippen LogP contribution in [-0.4, -0.2) is 37.4 Å². The Labute approximate surface area is 114 Å².